The van der Waals surface area contributed by atoms with Gasteiger partial charge in [-0.15, -0.1) is 0 Å². The van der Waals surface area contributed by atoms with Crippen molar-refractivity contribution in [3.05, 3.63) is 64.2 Å². The molecular formula is C14H10BrClF2O. The minimum absolute atomic E-state index is 0.150. The summed E-state index contributed by atoms with van der Waals surface area (Å²) in [7, 11) is 0. The third-order valence-electron chi connectivity index (χ3n) is 2.59. The lowest BCUT2D eigenvalue weighted by atomic mass is 10.2. The first-order valence-electron chi connectivity index (χ1n) is 5.52. The zero-order chi connectivity index (χ0) is 13.8. The van der Waals surface area contributed by atoms with Crippen LogP contribution in [0, 0.1) is 11.6 Å². The highest BCUT2D eigenvalue weighted by Crippen LogP contribution is 2.29. The first kappa shape index (κ1) is 14.3. The molecule has 2 rings (SSSR count). The molecule has 2 aromatic carbocycles. The molecule has 19 heavy (non-hydrogen) atoms. The van der Waals surface area contributed by atoms with Gasteiger partial charge in [0.15, 0.2) is 11.6 Å². The summed E-state index contributed by atoms with van der Waals surface area (Å²) in [6.45, 7) is 0.150. The Balaban J connectivity index is 2.14. The molecule has 0 aliphatic carbocycles. The lowest BCUT2D eigenvalue weighted by Crippen LogP contribution is -1.99. The Morgan fingerprint density at radius 3 is 2.58 bits per heavy atom. The third-order valence-corrected chi connectivity index (χ3v) is 3.50. The summed E-state index contributed by atoms with van der Waals surface area (Å²) in [5.74, 6) is -1.13. The molecule has 2 aromatic rings. The number of halogens is 4. The fourth-order valence-corrected chi connectivity index (χ4v) is 2.57. The number of ether oxygens (including phenoxy) is 1. The van der Waals surface area contributed by atoms with Crippen LogP contribution in [-0.2, 0) is 11.9 Å². The van der Waals surface area contributed by atoms with Gasteiger partial charge >= 0.3 is 0 Å². The van der Waals surface area contributed by atoms with Gasteiger partial charge in [-0.1, -0.05) is 39.7 Å². The molecule has 0 atom stereocenters. The van der Waals surface area contributed by atoms with E-state index in [0.29, 0.717) is 21.7 Å². The van der Waals surface area contributed by atoms with Crippen molar-refractivity contribution in [3.63, 3.8) is 0 Å². The SMILES string of the molecule is Fc1ccc(COc2cccc(Cl)c2CBr)cc1F. The van der Waals surface area contributed by atoms with Crippen molar-refractivity contribution in [2.75, 3.05) is 0 Å². The summed E-state index contributed by atoms with van der Waals surface area (Å²) >= 11 is 9.37. The van der Waals surface area contributed by atoms with Gasteiger partial charge in [0.2, 0.25) is 0 Å². The fourth-order valence-electron chi connectivity index (χ4n) is 1.59. The minimum Gasteiger partial charge on any atom is -0.489 e. The summed E-state index contributed by atoms with van der Waals surface area (Å²) in [6.07, 6.45) is 0. The highest BCUT2D eigenvalue weighted by Gasteiger charge is 2.08. The molecular weight excluding hydrogens is 338 g/mol. The van der Waals surface area contributed by atoms with Gasteiger partial charge in [-0.3, -0.25) is 0 Å². The maximum absolute atomic E-state index is 13.1. The summed E-state index contributed by atoms with van der Waals surface area (Å²) in [5.41, 5.74) is 1.38. The monoisotopic (exact) mass is 346 g/mol. The van der Waals surface area contributed by atoms with Crippen LogP contribution in [0.5, 0.6) is 5.75 Å². The van der Waals surface area contributed by atoms with Crippen LogP contribution in [0.15, 0.2) is 36.4 Å². The van der Waals surface area contributed by atoms with Crippen LogP contribution < -0.4 is 4.74 Å². The van der Waals surface area contributed by atoms with E-state index in [1.807, 2.05) is 0 Å². The van der Waals surface area contributed by atoms with Crippen molar-refractivity contribution in [3.8, 4) is 5.75 Å². The molecule has 0 aromatic heterocycles. The van der Waals surface area contributed by atoms with Gasteiger partial charge in [0, 0.05) is 15.9 Å². The number of alkyl halides is 1. The predicted octanol–water partition coefficient (Wildman–Crippen LogP) is 5.09. The maximum Gasteiger partial charge on any atom is 0.159 e. The first-order valence-corrected chi connectivity index (χ1v) is 7.02. The van der Waals surface area contributed by atoms with E-state index >= 15 is 0 Å². The molecule has 1 nitrogen and oxygen atoms in total. The molecule has 0 aliphatic heterocycles. The van der Waals surface area contributed by atoms with E-state index in [-0.39, 0.29) is 6.61 Å². The van der Waals surface area contributed by atoms with Gasteiger partial charge in [-0.25, -0.2) is 8.78 Å². The number of benzene rings is 2. The Morgan fingerprint density at radius 1 is 1.11 bits per heavy atom. The molecule has 5 heteroatoms. The molecule has 0 saturated carbocycles. The van der Waals surface area contributed by atoms with Crippen LogP contribution in [0.3, 0.4) is 0 Å². The zero-order valence-corrected chi connectivity index (χ0v) is 12.1. The average Bonchev–Trinajstić information content (AvgIpc) is 2.40. The predicted molar refractivity (Wildman–Crippen MR) is 74.8 cm³/mol. The normalized spacial score (nSPS) is 10.5. The Hall–Kier alpha value is -1.13. The molecule has 100 valence electrons. The third kappa shape index (κ3) is 3.45. The quantitative estimate of drug-likeness (QED) is 0.700. The molecule has 0 spiro atoms. The van der Waals surface area contributed by atoms with Gasteiger partial charge < -0.3 is 4.74 Å². The number of rotatable bonds is 4. The second kappa shape index (κ2) is 6.35. The minimum atomic E-state index is -0.882. The average molecular weight is 348 g/mol. The van der Waals surface area contributed by atoms with Crippen LogP contribution in [0.1, 0.15) is 11.1 Å². The van der Waals surface area contributed by atoms with E-state index in [9.17, 15) is 8.78 Å². The van der Waals surface area contributed by atoms with Gasteiger partial charge in [-0.05, 0) is 29.8 Å². The molecule has 0 amide bonds. The standard InChI is InChI=1S/C14H10BrClF2O/c15-7-10-11(16)2-1-3-14(10)19-8-9-4-5-12(17)13(18)6-9/h1-6H,7-8H2. The molecule has 0 N–H and O–H groups in total. The molecule has 0 aliphatic rings. The van der Waals surface area contributed by atoms with Crippen LogP contribution in [0.4, 0.5) is 8.78 Å². The Bertz CT molecular complexity index is 590. The van der Waals surface area contributed by atoms with E-state index < -0.39 is 11.6 Å². The fraction of sp³-hybridized carbons (Fsp3) is 0.143. The van der Waals surface area contributed by atoms with Crippen LogP contribution in [0.25, 0.3) is 0 Å². The molecule has 0 heterocycles. The second-order valence-corrected chi connectivity index (χ2v) is 4.86. The highest BCUT2D eigenvalue weighted by molar-refractivity contribution is 9.08. The topological polar surface area (TPSA) is 9.23 Å². The van der Waals surface area contributed by atoms with Gasteiger partial charge in [0.25, 0.3) is 0 Å². The Morgan fingerprint density at radius 2 is 1.89 bits per heavy atom. The van der Waals surface area contributed by atoms with E-state index in [0.717, 1.165) is 17.7 Å². The van der Waals surface area contributed by atoms with Crippen molar-refractivity contribution >= 4 is 27.5 Å². The van der Waals surface area contributed by atoms with Crippen molar-refractivity contribution in [2.45, 2.75) is 11.9 Å². The van der Waals surface area contributed by atoms with Crippen molar-refractivity contribution in [1.82, 2.24) is 0 Å². The van der Waals surface area contributed by atoms with Crippen LogP contribution >= 0.6 is 27.5 Å². The lowest BCUT2D eigenvalue weighted by Gasteiger charge is -2.11. The van der Waals surface area contributed by atoms with Gasteiger partial charge in [0.1, 0.15) is 12.4 Å². The zero-order valence-electron chi connectivity index (χ0n) is 9.80. The summed E-state index contributed by atoms with van der Waals surface area (Å²) < 4.78 is 31.4. The second-order valence-electron chi connectivity index (χ2n) is 3.89. The van der Waals surface area contributed by atoms with Gasteiger partial charge in [0.05, 0.1) is 0 Å². The van der Waals surface area contributed by atoms with E-state index in [2.05, 4.69) is 15.9 Å². The van der Waals surface area contributed by atoms with Crippen molar-refractivity contribution in [2.24, 2.45) is 0 Å². The highest BCUT2D eigenvalue weighted by atomic mass is 79.9. The summed E-state index contributed by atoms with van der Waals surface area (Å²) in [4.78, 5) is 0. The van der Waals surface area contributed by atoms with E-state index in [4.69, 9.17) is 16.3 Å². The smallest absolute Gasteiger partial charge is 0.159 e. The molecule has 0 radical (unpaired) electrons. The van der Waals surface area contributed by atoms with E-state index in [1.54, 1.807) is 18.2 Å². The van der Waals surface area contributed by atoms with Crippen molar-refractivity contribution < 1.29 is 13.5 Å². The number of hydrogen-bond acceptors (Lipinski definition) is 1. The lowest BCUT2D eigenvalue weighted by molar-refractivity contribution is 0.303. The van der Waals surface area contributed by atoms with Crippen LogP contribution in [0.2, 0.25) is 5.02 Å². The van der Waals surface area contributed by atoms with E-state index in [1.165, 1.54) is 6.07 Å². The molecule has 0 unspecified atom stereocenters. The summed E-state index contributed by atoms with van der Waals surface area (Å²) in [5, 5.41) is 1.15. The molecule has 0 fully saturated rings. The Kier molecular flexibility index (Phi) is 4.77. The Labute approximate surface area is 123 Å². The maximum atomic E-state index is 13.1. The largest absolute Gasteiger partial charge is 0.489 e. The number of hydrogen-bond donors (Lipinski definition) is 0. The summed E-state index contributed by atoms with van der Waals surface area (Å²) in [6, 6.07) is 9.00. The van der Waals surface area contributed by atoms with Gasteiger partial charge in [-0.2, -0.15) is 0 Å². The molecule has 0 saturated heterocycles. The van der Waals surface area contributed by atoms with Crippen molar-refractivity contribution in [1.29, 1.82) is 0 Å². The van der Waals surface area contributed by atoms with Crippen LogP contribution in [-0.4, -0.2) is 0 Å². The molecule has 0 bridgehead atoms. The first-order chi connectivity index (χ1) is 9.11.